The van der Waals surface area contributed by atoms with Gasteiger partial charge in [0, 0.05) is 42.6 Å². The Morgan fingerprint density at radius 3 is 1.81 bits per heavy atom. The summed E-state index contributed by atoms with van der Waals surface area (Å²) in [5.41, 5.74) is 1.86. The first-order valence-electron chi connectivity index (χ1n) is 8.87. The largest absolute Gasteiger partial charge is 0.426 e. The predicted octanol–water partition coefficient (Wildman–Crippen LogP) is 5.10. The zero-order valence-corrected chi connectivity index (χ0v) is 18.9. The van der Waals surface area contributed by atoms with Crippen molar-refractivity contribution in [3.63, 3.8) is 0 Å². The van der Waals surface area contributed by atoms with Crippen LogP contribution in [0.15, 0.2) is 4.90 Å². The van der Waals surface area contributed by atoms with E-state index in [2.05, 4.69) is 0 Å². The summed E-state index contributed by atoms with van der Waals surface area (Å²) in [6.07, 6.45) is 0.762. The van der Waals surface area contributed by atoms with Gasteiger partial charge in [-0.3, -0.25) is 14.4 Å². The van der Waals surface area contributed by atoms with Crippen molar-refractivity contribution in [1.82, 2.24) is 4.90 Å². The quantitative estimate of drug-likeness (QED) is 0.309. The second kappa shape index (κ2) is 8.05. The van der Waals surface area contributed by atoms with Crippen LogP contribution in [0.4, 0.5) is 4.79 Å². The Morgan fingerprint density at radius 2 is 1.48 bits per heavy atom. The summed E-state index contributed by atoms with van der Waals surface area (Å²) in [6, 6.07) is 0. The lowest BCUT2D eigenvalue weighted by Gasteiger charge is -2.33. The van der Waals surface area contributed by atoms with Crippen molar-refractivity contribution in [2.75, 3.05) is 14.1 Å². The van der Waals surface area contributed by atoms with E-state index in [4.69, 9.17) is 4.74 Å². The molecule has 0 N–H and O–H groups in total. The minimum absolute atomic E-state index is 0.166. The predicted molar refractivity (Wildman–Crippen MR) is 110 cm³/mol. The molecule has 0 aliphatic heterocycles. The molecule has 0 heterocycles. The molecule has 1 aromatic carbocycles. The van der Waals surface area contributed by atoms with Gasteiger partial charge in [-0.25, -0.2) is 0 Å². The molecule has 0 aromatic heterocycles. The molecule has 0 bridgehead atoms. The van der Waals surface area contributed by atoms with E-state index < -0.39 is 11.4 Å². The van der Waals surface area contributed by atoms with Crippen LogP contribution in [0.3, 0.4) is 0 Å². The highest BCUT2D eigenvalue weighted by atomic mass is 32.2. The first kappa shape index (κ1) is 23.2. The van der Waals surface area contributed by atoms with Crippen LogP contribution in [0.5, 0.6) is 5.75 Å². The molecule has 0 unspecified atom stereocenters. The molecule has 1 amide bonds. The number of nitrogens with zero attached hydrogens (tertiary/aromatic N) is 1. The van der Waals surface area contributed by atoms with E-state index >= 15 is 0 Å². The lowest BCUT2D eigenvalue weighted by Crippen LogP contribution is -2.25. The van der Waals surface area contributed by atoms with Crippen molar-refractivity contribution in [3.8, 4) is 5.75 Å². The molecule has 1 aromatic rings. The third-order valence-corrected chi connectivity index (χ3v) is 5.37. The first-order chi connectivity index (χ1) is 12.1. The summed E-state index contributed by atoms with van der Waals surface area (Å²) in [4.78, 5) is 38.5. The van der Waals surface area contributed by atoms with Crippen molar-refractivity contribution < 1.29 is 19.1 Å². The Morgan fingerprint density at radius 1 is 1.00 bits per heavy atom. The lowest BCUT2D eigenvalue weighted by atomic mass is 9.75. The third kappa shape index (κ3) is 5.12. The number of esters is 1. The van der Waals surface area contributed by atoms with Gasteiger partial charge in [-0.05, 0) is 35.1 Å². The van der Waals surface area contributed by atoms with E-state index in [9.17, 15) is 14.4 Å². The SMILES string of the molecule is CC(=O)Oc1c(C(C)(C)C)c(C)c(SC(=O)N(C)C)c(C=O)c1C(C)(C)C. The van der Waals surface area contributed by atoms with Crippen molar-refractivity contribution in [2.45, 2.75) is 71.1 Å². The molecule has 150 valence electrons. The molecule has 27 heavy (non-hydrogen) atoms. The first-order valence-corrected chi connectivity index (χ1v) is 9.68. The molecule has 0 atom stereocenters. The van der Waals surface area contributed by atoms with E-state index in [-0.39, 0.29) is 10.7 Å². The molecular formula is C21H31NO4S. The topological polar surface area (TPSA) is 63.7 Å². The monoisotopic (exact) mass is 393 g/mol. The molecule has 0 aliphatic carbocycles. The number of thioether (sulfide) groups is 1. The number of rotatable bonds is 3. The van der Waals surface area contributed by atoms with Gasteiger partial charge in [0.05, 0.1) is 0 Å². The van der Waals surface area contributed by atoms with Crippen molar-refractivity contribution in [3.05, 3.63) is 22.3 Å². The third-order valence-electron chi connectivity index (χ3n) is 4.10. The summed E-state index contributed by atoms with van der Waals surface area (Å²) >= 11 is 1.03. The van der Waals surface area contributed by atoms with Gasteiger partial charge in [0.25, 0.3) is 5.24 Å². The fraction of sp³-hybridized carbons (Fsp3) is 0.571. The van der Waals surface area contributed by atoms with Crippen LogP contribution in [0.2, 0.25) is 0 Å². The fourth-order valence-electron chi connectivity index (χ4n) is 3.16. The molecule has 0 saturated carbocycles. The molecular weight excluding hydrogens is 362 g/mol. The van der Waals surface area contributed by atoms with Gasteiger partial charge >= 0.3 is 5.97 Å². The van der Waals surface area contributed by atoms with Crippen LogP contribution in [0.25, 0.3) is 0 Å². The molecule has 0 saturated heterocycles. The number of aldehydes is 1. The summed E-state index contributed by atoms with van der Waals surface area (Å²) in [5.74, 6) is -0.00391. The lowest BCUT2D eigenvalue weighted by molar-refractivity contribution is -0.132. The van der Waals surface area contributed by atoms with Crippen LogP contribution in [-0.4, -0.2) is 36.5 Å². The number of hydrogen-bond donors (Lipinski definition) is 0. The van der Waals surface area contributed by atoms with Crippen LogP contribution >= 0.6 is 11.8 Å². The molecule has 0 aliphatic rings. The summed E-state index contributed by atoms with van der Waals surface area (Å²) in [5, 5.41) is -0.166. The number of hydrogen-bond acceptors (Lipinski definition) is 5. The summed E-state index contributed by atoms with van der Waals surface area (Å²) in [7, 11) is 3.35. The maximum Gasteiger partial charge on any atom is 0.308 e. The van der Waals surface area contributed by atoms with Gasteiger partial charge in [0.1, 0.15) is 5.75 Å². The van der Waals surface area contributed by atoms with Gasteiger partial charge in [-0.2, -0.15) is 0 Å². The Bertz CT molecular complexity index is 768. The Balaban J connectivity index is 4.11. The standard InChI is InChI=1S/C21H31NO4S/c1-12-15(20(3,4)5)17(26-13(2)24)16(21(6,7)8)14(11-23)18(12)27-19(25)22(9)10/h11H,1-10H3. The molecule has 5 nitrogen and oxygen atoms in total. The van der Waals surface area contributed by atoms with Gasteiger partial charge < -0.3 is 9.64 Å². The Hall–Kier alpha value is -1.82. The van der Waals surface area contributed by atoms with E-state index in [1.807, 2.05) is 48.5 Å². The van der Waals surface area contributed by atoms with Crippen molar-refractivity contribution in [1.29, 1.82) is 0 Å². The van der Waals surface area contributed by atoms with Crippen LogP contribution < -0.4 is 4.74 Å². The number of amides is 1. The molecule has 0 fully saturated rings. The Labute approximate surface area is 166 Å². The van der Waals surface area contributed by atoms with Gasteiger partial charge in [-0.15, -0.1) is 0 Å². The maximum atomic E-state index is 12.4. The smallest absolute Gasteiger partial charge is 0.308 e. The van der Waals surface area contributed by atoms with Gasteiger partial charge in [0.15, 0.2) is 6.29 Å². The van der Waals surface area contributed by atoms with Crippen molar-refractivity contribution in [2.24, 2.45) is 0 Å². The highest BCUT2D eigenvalue weighted by Crippen LogP contribution is 2.48. The van der Waals surface area contributed by atoms with Crippen LogP contribution in [-0.2, 0) is 15.6 Å². The number of ether oxygens (including phenoxy) is 1. The summed E-state index contributed by atoms with van der Waals surface area (Å²) < 4.78 is 5.66. The highest BCUT2D eigenvalue weighted by molar-refractivity contribution is 8.13. The summed E-state index contributed by atoms with van der Waals surface area (Å²) in [6.45, 7) is 15.2. The number of carbonyl (C=O) groups excluding carboxylic acids is 3. The molecule has 0 radical (unpaired) electrons. The normalized spacial score (nSPS) is 11.9. The van der Waals surface area contributed by atoms with E-state index in [1.54, 1.807) is 14.1 Å². The molecule has 1 rings (SSSR count). The van der Waals surface area contributed by atoms with Crippen molar-refractivity contribution >= 4 is 29.3 Å². The van der Waals surface area contributed by atoms with Crippen LogP contribution in [0.1, 0.15) is 75.5 Å². The molecule has 0 spiro atoms. The second-order valence-corrected chi connectivity index (χ2v) is 9.88. The van der Waals surface area contributed by atoms with E-state index in [1.165, 1.54) is 11.8 Å². The van der Waals surface area contributed by atoms with E-state index in [0.717, 1.165) is 29.2 Å². The maximum absolute atomic E-state index is 12.4. The highest BCUT2D eigenvalue weighted by Gasteiger charge is 2.35. The van der Waals surface area contributed by atoms with Gasteiger partial charge in [-0.1, -0.05) is 41.5 Å². The number of benzene rings is 1. The Kier molecular flexibility index (Phi) is 6.92. The zero-order chi connectivity index (χ0) is 21.3. The van der Waals surface area contributed by atoms with Crippen LogP contribution in [0, 0.1) is 6.92 Å². The average molecular weight is 394 g/mol. The second-order valence-electron chi connectivity index (χ2n) is 8.92. The minimum Gasteiger partial charge on any atom is -0.426 e. The molecule has 6 heteroatoms. The zero-order valence-electron chi connectivity index (χ0n) is 18.1. The van der Waals surface area contributed by atoms with Gasteiger partial charge in [0.2, 0.25) is 0 Å². The number of carbonyl (C=O) groups is 3. The van der Waals surface area contributed by atoms with E-state index in [0.29, 0.717) is 21.8 Å². The average Bonchev–Trinajstić information content (AvgIpc) is 2.45. The minimum atomic E-state index is -0.467. The fourth-order valence-corrected chi connectivity index (χ4v) is 4.04.